The van der Waals surface area contributed by atoms with Crippen molar-refractivity contribution in [2.45, 2.75) is 13.8 Å². The topological polar surface area (TPSA) is 130 Å². The number of aryl methyl sites for hydroxylation is 2. The SMILES string of the molecule is COc1ccc(-c2nsc(C)c2C(=O)O)cc1.Cc1snc(-c2ccc(O)cc2)c1C(=O)O. The highest BCUT2D eigenvalue weighted by molar-refractivity contribution is 7.06. The molecule has 0 aliphatic heterocycles. The van der Waals surface area contributed by atoms with E-state index in [9.17, 15) is 9.59 Å². The zero-order chi connectivity index (χ0) is 24.1. The summed E-state index contributed by atoms with van der Waals surface area (Å²) in [5.74, 6) is -1.04. The van der Waals surface area contributed by atoms with Crippen LogP contribution in [0.1, 0.15) is 30.5 Å². The van der Waals surface area contributed by atoms with Gasteiger partial charge in [0.25, 0.3) is 0 Å². The molecule has 0 fully saturated rings. The average Bonchev–Trinajstić information content (AvgIpc) is 3.37. The molecule has 4 rings (SSSR count). The monoisotopic (exact) mass is 484 g/mol. The Labute approximate surface area is 197 Å². The second-order valence-electron chi connectivity index (χ2n) is 6.81. The van der Waals surface area contributed by atoms with Gasteiger partial charge in [-0.05, 0) is 85.4 Å². The van der Waals surface area contributed by atoms with Crippen LogP contribution in [0.5, 0.6) is 11.5 Å². The van der Waals surface area contributed by atoms with Crippen LogP contribution in [0, 0.1) is 13.8 Å². The Morgan fingerprint density at radius 2 is 1.15 bits per heavy atom. The van der Waals surface area contributed by atoms with Crippen LogP contribution >= 0.6 is 23.1 Å². The molecule has 8 nitrogen and oxygen atoms in total. The molecule has 170 valence electrons. The van der Waals surface area contributed by atoms with Crippen molar-refractivity contribution in [3.63, 3.8) is 0 Å². The van der Waals surface area contributed by atoms with E-state index in [1.165, 1.54) is 35.2 Å². The molecule has 10 heteroatoms. The number of nitrogens with zero attached hydrogens (tertiary/aromatic N) is 2. The van der Waals surface area contributed by atoms with E-state index in [2.05, 4.69) is 8.75 Å². The third kappa shape index (κ3) is 5.36. The molecule has 2 aromatic carbocycles. The summed E-state index contributed by atoms with van der Waals surface area (Å²) in [7, 11) is 1.59. The lowest BCUT2D eigenvalue weighted by Crippen LogP contribution is -1.99. The Hall–Kier alpha value is -3.76. The highest BCUT2D eigenvalue weighted by atomic mass is 32.1. The van der Waals surface area contributed by atoms with Gasteiger partial charge in [0.15, 0.2) is 0 Å². The predicted molar refractivity (Wildman–Crippen MR) is 127 cm³/mol. The minimum atomic E-state index is -0.977. The van der Waals surface area contributed by atoms with Gasteiger partial charge in [-0.3, -0.25) is 0 Å². The van der Waals surface area contributed by atoms with Crippen LogP contribution in [0.3, 0.4) is 0 Å². The second kappa shape index (κ2) is 10.2. The molecule has 2 heterocycles. The number of aromatic carboxylic acids is 2. The molecule has 4 aromatic rings. The van der Waals surface area contributed by atoms with Crippen LogP contribution < -0.4 is 4.74 Å². The number of aromatic hydroxyl groups is 1. The maximum absolute atomic E-state index is 11.1. The molecule has 33 heavy (non-hydrogen) atoms. The Morgan fingerprint density at radius 3 is 1.52 bits per heavy atom. The van der Waals surface area contributed by atoms with E-state index in [4.69, 9.17) is 20.1 Å². The van der Waals surface area contributed by atoms with Crippen molar-refractivity contribution < 1.29 is 29.6 Å². The lowest BCUT2D eigenvalue weighted by molar-refractivity contribution is 0.0686. The Kier molecular flexibility index (Phi) is 7.41. The van der Waals surface area contributed by atoms with Gasteiger partial charge < -0.3 is 20.1 Å². The molecule has 0 saturated carbocycles. The number of phenolic OH excluding ortho intramolecular Hbond substituents is 1. The van der Waals surface area contributed by atoms with Gasteiger partial charge in [0, 0.05) is 20.9 Å². The van der Waals surface area contributed by atoms with E-state index in [-0.39, 0.29) is 16.9 Å². The van der Waals surface area contributed by atoms with E-state index in [0.717, 1.165) is 11.3 Å². The number of carbonyl (C=O) groups is 2. The first-order valence-corrected chi connectivity index (χ1v) is 11.1. The first-order valence-electron chi connectivity index (χ1n) is 9.55. The highest BCUT2D eigenvalue weighted by Crippen LogP contribution is 2.30. The van der Waals surface area contributed by atoms with Crippen molar-refractivity contribution in [2.75, 3.05) is 7.11 Å². The molecular formula is C23H20N2O6S2. The summed E-state index contributed by atoms with van der Waals surface area (Å²) in [5.41, 5.74) is 2.96. The molecule has 0 amide bonds. The van der Waals surface area contributed by atoms with Crippen LogP contribution in [0.25, 0.3) is 22.5 Å². The Morgan fingerprint density at radius 1 is 0.758 bits per heavy atom. The summed E-state index contributed by atoms with van der Waals surface area (Å²) in [5, 5.41) is 27.4. The average molecular weight is 485 g/mol. The van der Waals surface area contributed by atoms with Crippen LogP contribution in [-0.2, 0) is 0 Å². The van der Waals surface area contributed by atoms with Crippen LogP contribution in [0.4, 0.5) is 0 Å². The van der Waals surface area contributed by atoms with E-state index >= 15 is 0 Å². The molecule has 0 spiro atoms. The minimum Gasteiger partial charge on any atom is -0.508 e. The Balaban J connectivity index is 0.000000186. The van der Waals surface area contributed by atoms with Crippen LogP contribution in [0.15, 0.2) is 48.5 Å². The summed E-state index contributed by atoms with van der Waals surface area (Å²) in [6, 6.07) is 13.5. The molecule has 0 unspecified atom stereocenters. The quantitative estimate of drug-likeness (QED) is 0.346. The van der Waals surface area contributed by atoms with Gasteiger partial charge in [-0.15, -0.1) is 0 Å². The number of hydrogen-bond acceptors (Lipinski definition) is 8. The number of ether oxygens (including phenoxy) is 1. The number of phenols is 1. The van der Waals surface area contributed by atoms with Crippen molar-refractivity contribution >= 4 is 35.0 Å². The molecule has 3 N–H and O–H groups in total. The zero-order valence-electron chi connectivity index (χ0n) is 17.9. The number of benzene rings is 2. The van der Waals surface area contributed by atoms with Crippen molar-refractivity contribution in [2.24, 2.45) is 0 Å². The summed E-state index contributed by atoms with van der Waals surface area (Å²) in [6.45, 7) is 3.49. The van der Waals surface area contributed by atoms with E-state index in [0.29, 0.717) is 26.7 Å². The lowest BCUT2D eigenvalue weighted by Gasteiger charge is -2.02. The van der Waals surface area contributed by atoms with Crippen LogP contribution in [-0.4, -0.2) is 43.1 Å². The van der Waals surface area contributed by atoms with Gasteiger partial charge in [-0.2, -0.15) is 8.75 Å². The smallest absolute Gasteiger partial charge is 0.339 e. The fraction of sp³-hybridized carbons (Fsp3) is 0.130. The summed E-state index contributed by atoms with van der Waals surface area (Å²) in [6.07, 6.45) is 0. The van der Waals surface area contributed by atoms with Gasteiger partial charge in [0.2, 0.25) is 0 Å². The van der Waals surface area contributed by atoms with Crippen molar-refractivity contribution in [1.29, 1.82) is 0 Å². The molecule has 0 bridgehead atoms. The van der Waals surface area contributed by atoms with E-state index in [1.807, 2.05) is 0 Å². The van der Waals surface area contributed by atoms with Gasteiger partial charge in [0.1, 0.15) is 22.6 Å². The third-order valence-corrected chi connectivity index (χ3v) is 6.16. The number of methoxy groups -OCH3 is 1. The van der Waals surface area contributed by atoms with Crippen LogP contribution in [0.2, 0.25) is 0 Å². The van der Waals surface area contributed by atoms with Crippen molar-refractivity contribution in [3.8, 4) is 34.0 Å². The van der Waals surface area contributed by atoms with Gasteiger partial charge >= 0.3 is 11.9 Å². The lowest BCUT2D eigenvalue weighted by atomic mass is 10.1. The third-order valence-electron chi connectivity index (χ3n) is 4.66. The first-order chi connectivity index (χ1) is 15.7. The van der Waals surface area contributed by atoms with Gasteiger partial charge in [0.05, 0.1) is 18.5 Å². The number of carboxylic acids is 2. The predicted octanol–water partition coefficient (Wildman–Crippen LogP) is 5.35. The molecule has 0 radical (unpaired) electrons. The summed E-state index contributed by atoms with van der Waals surface area (Å²) in [4.78, 5) is 23.6. The van der Waals surface area contributed by atoms with Crippen molar-refractivity contribution in [1.82, 2.24) is 8.75 Å². The molecule has 0 saturated heterocycles. The standard InChI is InChI=1S/C12H11NO3S.C11H9NO3S/c1-7-10(12(14)15)11(13-17-7)8-3-5-9(16-2)6-4-8;1-6-9(11(14)15)10(12-16-6)7-2-4-8(13)5-3-7/h3-6H,1-2H3,(H,14,15);2-5,13H,1H3,(H,14,15). The molecule has 2 aromatic heterocycles. The van der Waals surface area contributed by atoms with Gasteiger partial charge in [-0.25, -0.2) is 9.59 Å². The molecule has 0 atom stereocenters. The molecular weight excluding hydrogens is 464 g/mol. The molecule has 0 aliphatic rings. The fourth-order valence-corrected chi connectivity index (χ4v) is 4.41. The Bertz CT molecular complexity index is 1280. The van der Waals surface area contributed by atoms with E-state index in [1.54, 1.807) is 57.4 Å². The fourth-order valence-electron chi connectivity index (χ4n) is 3.01. The van der Waals surface area contributed by atoms with Gasteiger partial charge in [-0.1, -0.05) is 0 Å². The number of rotatable bonds is 5. The normalized spacial score (nSPS) is 10.3. The largest absolute Gasteiger partial charge is 0.508 e. The maximum Gasteiger partial charge on any atom is 0.339 e. The van der Waals surface area contributed by atoms with Crippen molar-refractivity contribution in [3.05, 3.63) is 69.4 Å². The summed E-state index contributed by atoms with van der Waals surface area (Å²) < 4.78 is 13.4. The van der Waals surface area contributed by atoms with E-state index < -0.39 is 11.9 Å². The first kappa shape index (κ1) is 23.9. The summed E-state index contributed by atoms with van der Waals surface area (Å²) >= 11 is 2.37. The number of carboxylic acid groups (broad SMARTS) is 2. The minimum absolute atomic E-state index is 0.146. The number of aromatic nitrogens is 2. The highest BCUT2D eigenvalue weighted by Gasteiger charge is 2.19. The second-order valence-corrected chi connectivity index (χ2v) is 8.77. The number of hydrogen-bond donors (Lipinski definition) is 3. The zero-order valence-corrected chi connectivity index (χ0v) is 19.5. The molecule has 0 aliphatic carbocycles. The maximum atomic E-state index is 11.1.